The maximum atomic E-state index is 11.6. The lowest BCUT2D eigenvalue weighted by Crippen LogP contribution is -2.28. The summed E-state index contributed by atoms with van der Waals surface area (Å²) in [7, 11) is 0. The van der Waals surface area contributed by atoms with Crippen molar-refractivity contribution in [3.8, 4) is 11.4 Å². The molecule has 0 bridgehead atoms. The van der Waals surface area contributed by atoms with Crippen LogP contribution >= 0.6 is 0 Å². The molecule has 0 aromatic carbocycles. The van der Waals surface area contributed by atoms with Crippen LogP contribution in [0, 0.1) is 0 Å². The molecule has 0 unspecified atom stereocenters. The zero-order chi connectivity index (χ0) is 13.2. The van der Waals surface area contributed by atoms with Gasteiger partial charge >= 0.3 is 0 Å². The monoisotopic (exact) mass is 257 g/mol. The standard InChI is InChI=1S/C13H15N5O/c1-9(19)18-6-2-3-13(18)12-8-14-7-11(16-12)10-4-5-15-17-10/h4-5,7-8,13H,2-3,6H2,1H3,(H,15,17)/t13-/m0/s1. The molecule has 1 aliphatic heterocycles. The second-order valence-corrected chi connectivity index (χ2v) is 4.67. The first-order valence-corrected chi connectivity index (χ1v) is 6.34. The minimum absolute atomic E-state index is 0.0490. The predicted octanol–water partition coefficient (Wildman–Crippen LogP) is 1.55. The van der Waals surface area contributed by atoms with Crippen LogP contribution in [-0.4, -0.2) is 37.5 Å². The molecule has 3 heterocycles. The topological polar surface area (TPSA) is 74.8 Å². The molecule has 19 heavy (non-hydrogen) atoms. The molecule has 2 aromatic heterocycles. The van der Waals surface area contributed by atoms with E-state index in [1.807, 2.05) is 11.0 Å². The molecule has 1 saturated heterocycles. The van der Waals surface area contributed by atoms with Crippen LogP contribution in [0.2, 0.25) is 0 Å². The minimum atomic E-state index is 0.0490. The van der Waals surface area contributed by atoms with E-state index in [9.17, 15) is 4.79 Å². The number of nitrogens with one attached hydrogen (secondary N) is 1. The highest BCUT2D eigenvalue weighted by molar-refractivity contribution is 5.74. The summed E-state index contributed by atoms with van der Waals surface area (Å²) in [5.74, 6) is 0.0937. The smallest absolute Gasteiger partial charge is 0.220 e. The van der Waals surface area contributed by atoms with Crippen molar-refractivity contribution in [2.75, 3.05) is 6.54 Å². The van der Waals surface area contributed by atoms with Gasteiger partial charge in [-0.15, -0.1) is 0 Å². The van der Waals surface area contributed by atoms with Gasteiger partial charge in [-0.25, -0.2) is 4.98 Å². The Labute approximate surface area is 110 Å². The third-order valence-corrected chi connectivity index (χ3v) is 3.43. The van der Waals surface area contributed by atoms with Crippen LogP contribution in [0.3, 0.4) is 0 Å². The van der Waals surface area contributed by atoms with Gasteiger partial charge in [0.15, 0.2) is 0 Å². The Bertz CT molecular complexity index is 580. The van der Waals surface area contributed by atoms with Gasteiger partial charge in [-0.1, -0.05) is 0 Å². The maximum Gasteiger partial charge on any atom is 0.220 e. The Morgan fingerprint density at radius 3 is 3.11 bits per heavy atom. The molecular weight excluding hydrogens is 242 g/mol. The first-order chi connectivity index (χ1) is 9.25. The number of nitrogens with zero attached hydrogens (tertiary/aromatic N) is 4. The Balaban J connectivity index is 1.93. The highest BCUT2D eigenvalue weighted by atomic mass is 16.2. The van der Waals surface area contributed by atoms with Crippen molar-refractivity contribution < 1.29 is 4.79 Å². The summed E-state index contributed by atoms with van der Waals surface area (Å²) < 4.78 is 0. The van der Waals surface area contributed by atoms with E-state index in [2.05, 4.69) is 20.2 Å². The summed E-state index contributed by atoms with van der Waals surface area (Å²) in [6.07, 6.45) is 7.08. The van der Waals surface area contributed by atoms with E-state index in [1.54, 1.807) is 25.5 Å². The largest absolute Gasteiger partial charge is 0.334 e. The van der Waals surface area contributed by atoms with Crippen molar-refractivity contribution in [2.45, 2.75) is 25.8 Å². The fraction of sp³-hybridized carbons (Fsp3) is 0.385. The summed E-state index contributed by atoms with van der Waals surface area (Å²) in [4.78, 5) is 22.3. The van der Waals surface area contributed by atoms with Gasteiger partial charge < -0.3 is 4.90 Å². The lowest BCUT2D eigenvalue weighted by Gasteiger charge is -2.22. The zero-order valence-electron chi connectivity index (χ0n) is 10.7. The highest BCUT2D eigenvalue weighted by Gasteiger charge is 2.29. The Morgan fingerprint density at radius 1 is 1.47 bits per heavy atom. The van der Waals surface area contributed by atoms with E-state index < -0.39 is 0 Å². The molecule has 3 rings (SSSR count). The van der Waals surface area contributed by atoms with Gasteiger partial charge in [-0.3, -0.25) is 14.9 Å². The number of hydrogen-bond donors (Lipinski definition) is 1. The maximum absolute atomic E-state index is 11.6. The molecular formula is C13H15N5O. The molecule has 1 N–H and O–H groups in total. The number of H-pyrrole nitrogens is 1. The Kier molecular flexibility index (Phi) is 2.98. The van der Waals surface area contributed by atoms with E-state index in [0.29, 0.717) is 0 Å². The van der Waals surface area contributed by atoms with Crippen LogP contribution in [0.4, 0.5) is 0 Å². The molecule has 6 nitrogen and oxygen atoms in total. The van der Waals surface area contributed by atoms with Gasteiger partial charge in [0.05, 0.1) is 29.8 Å². The van der Waals surface area contributed by atoms with Crippen LogP contribution in [-0.2, 0) is 4.79 Å². The summed E-state index contributed by atoms with van der Waals surface area (Å²) in [6.45, 7) is 2.40. The van der Waals surface area contributed by atoms with E-state index >= 15 is 0 Å². The molecule has 1 amide bonds. The molecule has 2 aromatic rings. The first-order valence-electron chi connectivity index (χ1n) is 6.34. The van der Waals surface area contributed by atoms with Crippen molar-refractivity contribution in [1.82, 2.24) is 25.1 Å². The zero-order valence-corrected chi connectivity index (χ0v) is 10.7. The number of likely N-dealkylation sites (tertiary alicyclic amines) is 1. The molecule has 0 spiro atoms. The van der Waals surface area contributed by atoms with Crippen LogP contribution in [0.5, 0.6) is 0 Å². The lowest BCUT2D eigenvalue weighted by molar-refractivity contribution is -0.129. The fourth-order valence-corrected chi connectivity index (χ4v) is 2.52. The quantitative estimate of drug-likeness (QED) is 0.885. The number of carbonyl (C=O) groups excluding carboxylic acids is 1. The van der Waals surface area contributed by atoms with E-state index in [1.165, 1.54) is 0 Å². The number of amides is 1. The normalized spacial score (nSPS) is 18.8. The van der Waals surface area contributed by atoms with E-state index in [-0.39, 0.29) is 11.9 Å². The molecule has 0 saturated carbocycles. The highest BCUT2D eigenvalue weighted by Crippen LogP contribution is 2.31. The number of aromatic amines is 1. The average Bonchev–Trinajstić information content (AvgIpc) is 3.10. The average molecular weight is 257 g/mol. The van der Waals surface area contributed by atoms with Crippen LogP contribution in [0.15, 0.2) is 24.7 Å². The fourth-order valence-electron chi connectivity index (χ4n) is 2.52. The third-order valence-electron chi connectivity index (χ3n) is 3.43. The summed E-state index contributed by atoms with van der Waals surface area (Å²) in [6, 6.07) is 1.90. The van der Waals surface area contributed by atoms with Crippen molar-refractivity contribution in [2.24, 2.45) is 0 Å². The summed E-state index contributed by atoms with van der Waals surface area (Å²) >= 11 is 0. The van der Waals surface area contributed by atoms with Gasteiger partial charge in [0.2, 0.25) is 5.91 Å². The van der Waals surface area contributed by atoms with Gasteiger partial charge in [-0.05, 0) is 18.9 Å². The molecule has 6 heteroatoms. The van der Waals surface area contributed by atoms with Crippen molar-refractivity contribution in [3.63, 3.8) is 0 Å². The van der Waals surface area contributed by atoms with Crippen molar-refractivity contribution in [1.29, 1.82) is 0 Å². The minimum Gasteiger partial charge on any atom is -0.334 e. The number of hydrogen-bond acceptors (Lipinski definition) is 4. The van der Waals surface area contributed by atoms with Crippen molar-refractivity contribution >= 4 is 5.91 Å². The second-order valence-electron chi connectivity index (χ2n) is 4.67. The molecule has 0 aliphatic carbocycles. The van der Waals surface area contributed by atoms with Crippen LogP contribution < -0.4 is 0 Å². The molecule has 1 atom stereocenters. The molecule has 1 fully saturated rings. The summed E-state index contributed by atoms with van der Waals surface area (Å²) in [5.41, 5.74) is 2.44. The number of rotatable bonds is 2. The van der Waals surface area contributed by atoms with Crippen LogP contribution in [0.1, 0.15) is 31.5 Å². The van der Waals surface area contributed by atoms with Crippen molar-refractivity contribution in [3.05, 3.63) is 30.4 Å². The molecule has 0 radical (unpaired) electrons. The SMILES string of the molecule is CC(=O)N1CCC[C@H]1c1cncc(-c2ccn[nH]2)n1. The van der Waals surface area contributed by atoms with Crippen LogP contribution in [0.25, 0.3) is 11.4 Å². The number of carbonyl (C=O) groups is 1. The van der Waals surface area contributed by atoms with E-state index in [4.69, 9.17) is 0 Å². The molecule has 1 aliphatic rings. The number of aromatic nitrogens is 4. The molecule has 98 valence electrons. The second kappa shape index (κ2) is 4.79. The van der Waals surface area contributed by atoms with Gasteiger partial charge in [0.25, 0.3) is 0 Å². The first kappa shape index (κ1) is 11.8. The van der Waals surface area contributed by atoms with Gasteiger partial charge in [-0.2, -0.15) is 5.10 Å². The van der Waals surface area contributed by atoms with Gasteiger partial charge in [0, 0.05) is 19.7 Å². The Morgan fingerprint density at radius 2 is 2.37 bits per heavy atom. The predicted molar refractivity (Wildman–Crippen MR) is 69.0 cm³/mol. The summed E-state index contributed by atoms with van der Waals surface area (Å²) in [5, 5.41) is 6.78. The lowest BCUT2D eigenvalue weighted by atomic mass is 10.1. The Hall–Kier alpha value is -2.24. The van der Waals surface area contributed by atoms with E-state index in [0.717, 1.165) is 36.5 Å². The third kappa shape index (κ3) is 2.21. The van der Waals surface area contributed by atoms with Gasteiger partial charge in [0.1, 0.15) is 5.69 Å².